The van der Waals surface area contributed by atoms with E-state index in [2.05, 4.69) is 13.8 Å². The van der Waals surface area contributed by atoms with Gasteiger partial charge in [0.25, 0.3) is 0 Å². The van der Waals surface area contributed by atoms with E-state index < -0.39 is 0 Å². The Balaban J connectivity index is 1.92. The summed E-state index contributed by atoms with van der Waals surface area (Å²) in [6.07, 6.45) is 6.08. The Morgan fingerprint density at radius 3 is 2.38 bits per heavy atom. The number of carbonyl (C=O) groups excluding carboxylic acids is 1. The number of quaternary nitrogens is 1. The van der Waals surface area contributed by atoms with Crippen LogP contribution in [0.3, 0.4) is 0 Å². The van der Waals surface area contributed by atoms with Crippen LogP contribution in [-0.4, -0.2) is 33.1 Å². The highest BCUT2D eigenvalue weighted by Crippen LogP contribution is 2.39. The number of rotatable bonds is 11. The van der Waals surface area contributed by atoms with E-state index in [4.69, 9.17) is 14.2 Å². The molecule has 0 saturated heterocycles. The lowest BCUT2D eigenvalue weighted by Gasteiger charge is -2.23. The summed E-state index contributed by atoms with van der Waals surface area (Å²) < 4.78 is 16.7. The van der Waals surface area contributed by atoms with Crippen LogP contribution in [0.4, 0.5) is 0 Å². The molecular weight excluding hydrogens is 406 g/mol. The van der Waals surface area contributed by atoms with Crippen molar-refractivity contribution >= 4 is 11.9 Å². The normalized spacial score (nSPS) is 14.0. The number of hydrogen-bond donors (Lipinski definition) is 1. The van der Waals surface area contributed by atoms with Gasteiger partial charge in [-0.05, 0) is 37.1 Å². The van der Waals surface area contributed by atoms with Crippen LogP contribution in [0.2, 0.25) is 0 Å². The van der Waals surface area contributed by atoms with Crippen molar-refractivity contribution in [2.24, 2.45) is 0 Å². The maximum absolute atomic E-state index is 13.0. The van der Waals surface area contributed by atoms with Gasteiger partial charge in [-0.25, -0.2) is 0 Å². The first-order chi connectivity index (χ1) is 15.5. The van der Waals surface area contributed by atoms with Gasteiger partial charge in [-0.2, -0.15) is 0 Å². The standard InChI is InChI=1S/C26H33NO5/c1-5-7-13-27(14-8-6-2)17-21-22(28)12-11-20-25(29)24(32-26(20)21)15-18-9-10-19(30-3)16-23(18)31-4/h9-12,15-16,28H,5-8,13-14,17H2,1-4H3/b24-15-. The minimum atomic E-state index is -0.220. The van der Waals surface area contributed by atoms with E-state index in [-0.39, 0.29) is 17.3 Å². The Morgan fingerprint density at radius 1 is 1.03 bits per heavy atom. The van der Waals surface area contributed by atoms with Crippen molar-refractivity contribution in [2.75, 3.05) is 27.3 Å². The number of methoxy groups -OCH3 is 2. The maximum Gasteiger partial charge on any atom is 0.231 e. The fourth-order valence-corrected chi connectivity index (χ4v) is 3.94. The summed E-state index contributed by atoms with van der Waals surface area (Å²) in [4.78, 5) is 14.4. The molecule has 2 aromatic rings. The molecule has 1 aliphatic heterocycles. The number of Topliss-reactive ketones (excluding diaryl/α,β-unsaturated/α-hetero) is 1. The van der Waals surface area contributed by atoms with Gasteiger partial charge < -0.3 is 24.2 Å². The molecule has 3 rings (SSSR count). The number of benzene rings is 2. The number of hydrogen-bond acceptors (Lipinski definition) is 5. The van der Waals surface area contributed by atoms with Crippen LogP contribution in [-0.2, 0) is 6.54 Å². The highest BCUT2D eigenvalue weighted by molar-refractivity contribution is 6.15. The van der Waals surface area contributed by atoms with Crippen molar-refractivity contribution in [1.82, 2.24) is 0 Å². The molecule has 1 heterocycles. The smallest absolute Gasteiger partial charge is 0.231 e. The lowest BCUT2D eigenvalue weighted by Crippen LogP contribution is -3.10. The third-order valence-corrected chi connectivity index (χ3v) is 5.82. The molecule has 0 atom stereocenters. The predicted molar refractivity (Wildman–Crippen MR) is 123 cm³/mol. The van der Waals surface area contributed by atoms with Gasteiger partial charge in [-0.15, -0.1) is 0 Å². The van der Waals surface area contributed by atoms with Crippen LogP contribution in [0.25, 0.3) is 6.08 Å². The van der Waals surface area contributed by atoms with Gasteiger partial charge in [0.1, 0.15) is 23.8 Å². The number of allylic oxidation sites excluding steroid dienone is 1. The van der Waals surface area contributed by atoms with E-state index in [1.807, 2.05) is 6.07 Å². The molecular formula is C26H33NO5. The molecule has 0 spiro atoms. The third kappa shape index (κ3) is 5.25. The summed E-state index contributed by atoms with van der Waals surface area (Å²) in [5, 5.41) is 12.7. The molecule has 0 aliphatic carbocycles. The molecule has 32 heavy (non-hydrogen) atoms. The summed E-state index contributed by atoms with van der Waals surface area (Å²) in [5.41, 5.74) is 1.73. The second-order valence-electron chi connectivity index (χ2n) is 8.10. The number of carbonyl (C=O) groups is 1. The van der Waals surface area contributed by atoms with E-state index in [0.717, 1.165) is 38.8 Å². The van der Waals surface area contributed by atoms with Crippen molar-refractivity contribution in [2.45, 2.75) is 46.1 Å². The molecule has 1 aliphatic rings. The van der Waals surface area contributed by atoms with E-state index in [1.165, 1.54) is 11.0 Å². The molecule has 0 aromatic heterocycles. The summed E-state index contributed by atoms with van der Waals surface area (Å²) in [6, 6.07) is 8.43. The second-order valence-corrected chi connectivity index (χ2v) is 8.10. The molecule has 6 heteroatoms. The first kappa shape index (κ1) is 23.7. The average molecular weight is 440 g/mol. The SMILES string of the molecule is CCCC[NH+](CCCC)Cc1c([O-])ccc2c1O/C(=C\c1ccc(OC)cc1OC)C2=O. The number of fused-ring (bicyclic) bond motifs is 1. The van der Waals surface area contributed by atoms with Crippen molar-refractivity contribution in [3.05, 3.63) is 52.8 Å². The fourth-order valence-electron chi connectivity index (χ4n) is 3.94. The zero-order chi connectivity index (χ0) is 23.1. The van der Waals surface area contributed by atoms with E-state index in [9.17, 15) is 9.90 Å². The zero-order valence-electron chi connectivity index (χ0n) is 19.5. The van der Waals surface area contributed by atoms with Crippen LogP contribution >= 0.6 is 0 Å². The lowest BCUT2D eigenvalue weighted by atomic mass is 10.0. The highest BCUT2D eigenvalue weighted by Gasteiger charge is 2.31. The molecule has 0 radical (unpaired) electrons. The van der Waals surface area contributed by atoms with Gasteiger partial charge in [0.2, 0.25) is 5.78 Å². The molecule has 1 N–H and O–H groups in total. The van der Waals surface area contributed by atoms with Gasteiger partial charge in [-0.1, -0.05) is 38.5 Å². The van der Waals surface area contributed by atoms with Crippen LogP contribution < -0.4 is 24.2 Å². The summed E-state index contributed by atoms with van der Waals surface area (Å²) >= 11 is 0. The fraction of sp³-hybridized carbons (Fsp3) is 0.423. The molecule has 0 saturated carbocycles. The first-order valence-corrected chi connectivity index (χ1v) is 11.3. The van der Waals surface area contributed by atoms with Crippen LogP contribution in [0.5, 0.6) is 23.0 Å². The van der Waals surface area contributed by atoms with Gasteiger partial charge in [0.05, 0.1) is 32.9 Å². The Morgan fingerprint density at radius 2 is 1.75 bits per heavy atom. The van der Waals surface area contributed by atoms with Gasteiger partial charge in [-0.3, -0.25) is 4.79 Å². The lowest BCUT2D eigenvalue weighted by molar-refractivity contribution is -0.914. The molecule has 0 fully saturated rings. The van der Waals surface area contributed by atoms with Gasteiger partial charge >= 0.3 is 0 Å². The monoisotopic (exact) mass is 439 g/mol. The Labute approximate surface area is 190 Å². The number of unbranched alkanes of at least 4 members (excludes halogenated alkanes) is 2. The molecule has 6 nitrogen and oxygen atoms in total. The topological polar surface area (TPSA) is 72.3 Å². The van der Waals surface area contributed by atoms with Crippen LogP contribution in [0, 0.1) is 0 Å². The van der Waals surface area contributed by atoms with Crippen molar-refractivity contribution in [1.29, 1.82) is 0 Å². The Bertz CT molecular complexity index is 974. The number of ketones is 1. The largest absolute Gasteiger partial charge is 0.872 e. The second kappa shape index (κ2) is 11.0. The maximum atomic E-state index is 13.0. The molecule has 0 unspecified atom stereocenters. The first-order valence-electron chi connectivity index (χ1n) is 11.3. The summed E-state index contributed by atoms with van der Waals surface area (Å²) in [6.45, 7) is 6.90. The predicted octanol–water partition coefficient (Wildman–Crippen LogP) is 3.38. The number of nitrogens with one attached hydrogen (secondary N) is 1. The molecule has 172 valence electrons. The average Bonchev–Trinajstić information content (AvgIpc) is 3.12. The number of ether oxygens (including phenoxy) is 3. The third-order valence-electron chi connectivity index (χ3n) is 5.82. The minimum Gasteiger partial charge on any atom is -0.872 e. The van der Waals surface area contributed by atoms with Gasteiger partial charge in [0, 0.05) is 17.2 Å². The van der Waals surface area contributed by atoms with Crippen molar-refractivity contribution in [3.63, 3.8) is 0 Å². The van der Waals surface area contributed by atoms with E-state index >= 15 is 0 Å². The van der Waals surface area contributed by atoms with Crippen molar-refractivity contribution in [3.8, 4) is 23.0 Å². The van der Waals surface area contributed by atoms with E-state index in [0.29, 0.717) is 40.5 Å². The highest BCUT2D eigenvalue weighted by atomic mass is 16.5. The van der Waals surface area contributed by atoms with E-state index in [1.54, 1.807) is 38.5 Å². The summed E-state index contributed by atoms with van der Waals surface area (Å²) in [7, 11) is 3.15. The van der Waals surface area contributed by atoms with Crippen LogP contribution in [0.1, 0.15) is 61.0 Å². The van der Waals surface area contributed by atoms with Crippen LogP contribution in [0.15, 0.2) is 36.1 Å². The Kier molecular flexibility index (Phi) is 8.17. The van der Waals surface area contributed by atoms with Gasteiger partial charge in [0.15, 0.2) is 5.76 Å². The quantitative estimate of drug-likeness (QED) is 0.544. The minimum absolute atomic E-state index is 0.0784. The molecule has 0 amide bonds. The summed E-state index contributed by atoms with van der Waals surface area (Å²) in [5.74, 6) is 1.54. The molecule has 0 bridgehead atoms. The zero-order valence-corrected chi connectivity index (χ0v) is 19.5. The Hall–Kier alpha value is -2.99. The van der Waals surface area contributed by atoms with Crippen molar-refractivity contribution < 1.29 is 29.0 Å². The molecule has 2 aromatic carbocycles.